The Morgan fingerprint density at radius 3 is 2.60 bits per heavy atom. The van der Waals surface area contributed by atoms with Gasteiger partial charge in [-0.15, -0.1) is 4.73 Å². The minimum atomic E-state index is -0.974. The second kappa shape index (κ2) is 6.35. The fraction of sp³-hybridized carbons (Fsp3) is 0.111. The van der Waals surface area contributed by atoms with E-state index in [1.165, 1.54) is 30.3 Å². The van der Waals surface area contributed by atoms with Crippen molar-refractivity contribution in [2.24, 2.45) is 0 Å². The quantitative estimate of drug-likeness (QED) is 0.563. The van der Waals surface area contributed by atoms with E-state index in [0.717, 1.165) is 12.1 Å². The zero-order valence-electron chi connectivity index (χ0n) is 12.9. The smallest absolute Gasteiger partial charge is 0.294 e. The van der Waals surface area contributed by atoms with Crippen molar-refractivity contribution in [1.29, 1.82) is 0 Å². The first-order valence-corrected chi connectivity index (χ1v) is 7.42. The topological polar surface area (TPSA) is 79.5 Å². The molecule has 25 heavy (non-hydrogen) atoms. The molecule has 0 radical (unpaired) electrons. The van der Waals surface area contributed by atoms with Gasteiger partial charge in [0.05, 0.1) is 5.56 Å². The number of ketones is 1. The lowest BCUT2D eigenvalue weighted by atomic mass is 10.0. The minimum Gasteiger partial charge on any atom is -0.506 e. The third-order valence-electron chi connectivity index (χ3n) is 3.92. The number of carbonyl (C=O) groups excluding carboxylic acids is 1. The lowest BCUT2D eigenvalue weighted by Gasteiger charge is -2.08. The molecule has 2 N–H and O–H groups in total. The summed E-state index contributed by atoms with van der Waals surface area (Å²) in [6.07, 6.45) is -0.212. The third kappa shape index (κ3) is 3.08. The number of hydrogen-bond donors (Lipinski definition) is 2. The molecule has 5 nitrogen and oxygen atoms in total. The highest BCUT2D eigenvalue weighted by Gasteiger charge is 2.17. The molecule has 128 valence electrons. The van der Waals surface area contributed by atoms with Crippen LogP contribution in [-0.4, -0.2) is 20.8 Å². The summed E-state index contributed by atoms with van der Waals surface area (Å²) in [5.41, 5.74) is -1.20. The summed E-state index contributed by atoms with van der Waals surface area (Å²) >= 11 is 0. The molecule has 0 aliphatic carbocycles. The maximum atomic E-state index is 13.6. The predicted molar refractivity (Wildman–Crippen MR) is 86.1 cm³/mol. The van der Waals surface area contributed by atoms with Crippen LogP contribution in [0.4, 0.5) is 8.78 Å². The van der Waals surface area contributed by atoms with Gasteiger partial charge in [-0.2, -0.15) is 0 Å². The number of phenols is 1. The number of aromatic nitrogens is 1. The number of aromatic hydroxyl groups is 1. The summed E-state index contributed by atoms with van der Waals surface area (Å²) in [4.78, 5) is 24.5. The van der Waals surface area contributed by atoms with Gasteiger partial charge in [-0.25, -0.2) is 8.78 Å². The molecule has 1 aromatic heterocycles. The van der Waals surface area contributed by atoms with Crippen molar-refractivity contribution in [2.75, 3.05) is 0 Å². The average Bonchev–Trinajstić information content (AvgIpc) is 2.57. The largest absolute Gasteiger partial charge is 0.506 e. The molecule has 7 heteroatoms. The number of phenolic OH excluding ortho intramolecular Hbond substituents is 1. The van der Waals surface area contributed by atoms with Crippen LogP contribution in [0.1, 0.15) is 22.3 Å². The van der Waals surface area contributed by atoms with Crippen LogP contribution in [0.3, 0.4) is 0 Å². The van der Waals surface area contributed by atoms with Crippen LogP contribution >= 0.6 is 0 Å². The van der Waals surface area contributed by atoms with Crippen molar-refractivity contribution >= 4 is 16.7 Å². The Hall–Kier alpha value is -3.22. The number of aryl methyl sites for hydroxylation is 1. The van der Waals surface area contributed by atoms with Crippen molar-refractivity contribution in [3.05, 3.63) is 75.6 Å². The second-order valence-corrected chi connectivity index (χ2v) is 5.55. The number of benzene rings is 2. The minimum absolute atomic E-state index is 0.0199. The van der Waals surface area contributed by atoms with Gasteiger partial charge >= 0.3 is 0 Å². The van der Waals surface area contributed by atoms with Crippen LogP contribution < -0.4 is 5.56 Å². The van der Waals surface area contributed by atoms with E-state index < -0.39 is 23.0 Å². The normalized spacial score (nSPS) is 11.0. The second-order valence-electron chi connectivity index (χ2n) is 5.55. The number of Topliss-reactive ketones (excluding diaryl/α,β-unsaturated/α-hetero) is 1. The molecule has 0 bridgehead atoms. The highest BCUT2D eigenvalue weighted by Crippen LogP contribution is 2.23. The zero-order chi connectivity index (χ0) is 18.1. The summed E-state index contributed by atoms with van der Waals surface area (Å²) in [5.74, 6) is -2.38. The summed E-state index contributed by atoms with van der Waals surface area (Å²) in [7, 11) is 0. The highest BCUT2D eigenvalue weighted by molar-refractivity contribution is 5.99. The number of para-hydroxylation sites is 1. The fourth-order valence-electron chi connectivity index (χ4n) is 2.64. The summed E-state index contributed by atoms with van der Waals surface area (Å²) in [6, 6.07) is 8.64. The van der Waals surface area contributed by atoms with Gasteiger partial charge in [-0.1, -0.05) is 18.2 Å². The number of halogens is 2. The van der Waals surface area contributed by atoms with Crippen LogP contribution in [0.15, 0.2) is 47.3 Å². The molecule has 3 aromatic rings. The number of fused-ring (bicyclic) bond motifs is 1. The number of hydrogen-bond acceptors (Lipinski definition) is 4. The zero-order valence-corrected chi connectivity index (χ0v) is 12.9. The van der Waals surface area contributed by atoms with Crippen molar-refractivity contribution in [2.45, 2.75) is 12.8 Å². The molecule has 0 atom stereocenters. The standard InChI is InChI=1S/C18H13F2NO4/c19-12-6-4-10(14(20)9-12)5-7-15(22)13-8-11-2-1-3-16(23)17(11)21(25)18(13)24/h1-4,6,8-9,23,25H,5,7H2. The number of pyridine rings is 1. The SMILES string of the molecule is O=C(CCc1ccc(F)cc1F)c1cc2cccc(O)c2n(O)c1=O. The molecule has 0 fully saturated rings. The molecular formula is C18H13F2NO4. The van der Waals surface area contributed by atoms with Crippen LogP contribution in [0.25, 0.3) is 10.9 Å². The van der Waals surface area contributed by atoms with E-state index in [1.807, 2.05) is 0 Å². The van der Waals surface area contributed by atoms with Gasteiger partial charge in [0.15, 0.2) is 5.78 Å². The average molecular weight is 345 g/mol. The maximum Gasteiger partial charge on any atom is 0.294 e. The number of rotatable bonds is 4. The molecule has 0 saturated heterocycles. The Morgan fingerprint density at radius 1 is 1.12 bits per heavy atom. The monoisotopic (exact) mass is 345 g/mol. The van der Waals surface area contributed by atoms with Crippen molar-refractivity contribution in [1.82, 2.24) is 4.73 Å². The van der Waals surface area contributed by atoms with Gasteiger partial charge in [-0.3, -0.25) is 9.59 Å². The molecular weight excluding hydrogens is 332 g/mol. The third-order valence-corrected chi connectivity index (χ3v) is 3.92. The Kier molecular flexibility index (Phi) is 4.22. The lowest BCUT2D eigenvalue weighted by molar-refractivity contribution is 0.0975. The van der Waals surface area contributed by atoms with Gasteiger partial charge in [-0.05, 0) is 30.2 Å². The fourth-order valence-corrected chi connectivity index (χ4v) is 2.64. The van der Waals surface area contributed by atoms with Crippen LogP contribution in [0, 0.1) is 11.6 Å². The van der Waals surface area contributed by atoms with Crippen LogP contribution in [-0.2, 0) is 6.42 Å². The first-order valence-electron chi connectivity index (χ1n) is 7.42. The Balaban J connectivity index is 1.92. The van der Waals surface area contributed by atoms with Gasteiger partial charge in [0.2, 0.25) is 0 Å². The van der Waals surface area contributed by atoms with E-state index >= 15 is 0 Å². The predicted octanol–water partition coefficient (Wildman–Crippen LogP) is 3.04. The summed E-state index contributed by atoms with van der Waals surface area (Å²) in [5, 5.41) is 20.0. The van der Waals surface area contributed by atoms with E-state index in [2.05, 4.69) is 0 Å². The first kappa shape index (κ1) is 16.6. The van der Waals surface area contributed by atoms with E-state index in [9.17, 15) is 28.7 Å². The van der Waals surface area contributed by atoms with E-state index in [-0.39, 0.29) is 40.0 Å². The molecule has 0 spiro atoms. The number of nitrogens with zero attached hydrogens (tertiary/aromatic N) is 1. The van der Waals surface area contributed by atoms with E-state index in [4.69, 9.17) is 0 Å². The number of carbonyl (C=O) groups is 1. The molecule has 2 aromatic carbocycles. The van der Waals surface area contributed by atoms with Crippen molar-refractivity contribution in [3.63, 3.8) is 0 Å². The van der Waals surface area contributed by atoms with Gasteiger partial charge in [0.1, 0.15) is 22.9 Å². The molecule has 0 amide bonds. The molecule has 0 saturated carbocycles. The van der Waals surface area contributed by atoms with Crippen LogP contribution in [0.2, 0.25) is 0 Å². The molecule has 3 rings (SSSR count). The summed E-state index contributed by atoms with van der Waals surface area (Å²) in [6.45, 7) is 0. The van der Waals surface area contributed by atoms with Crippen LogP contribution in [0.5, 0.6) is 5.75 Å². The molecule has 0 unspecified atom stereocenters. The van der Waals surface area contributed by atoms with Crippen molar-refractivity contribution in [3.8, 4) is 5.75 Å². The van der Waals surface area contributed by atoms with E-state index in [1.54, 1.807) is 0 Å². The highest BCUT2D eigenvalue weighted by atomic mass is 19.1. The Morgan fingerprint density at radius 2 is 1.88 bits per heavy atom. The molecule has 0 aliphatic heterocycles. The van der Waals surface area contributed by atoms with Gasteiger partial charge in [0, 0.05) is 17.9 Å². The van der Waals surface area contributed by atoms with E-state index in [0.29, 0.717) is 5.39 Å². The first-order chi connectivity index (χ1) is 11.9. The molecule has 0 aliphatic rings. The van der Waals surface area contributed by atoms with Crippen molar-refractivity contribution < 1.29 is 23.9 Å². The lowest BCUT2D eigenvalue weighted by Crippen LogP contribution is -2.25. The van der Waals surface area contributed by atoms with Gasteiger partial charge < -0.3 is 10.3 Å². The Labute approximate surface area is 140 Å². The summed E-state index contributed by atoms with van der Waals surface area (Å²) < 4.78 is 26.7. The Bertz CT molecular complexity index is 1040. The maximum absolute atomic E-state index is 13.6. The molecule has 1 heterocycles. The van der Waals surface area contributed by atoms with Gasteiger partial charge in [0.25, 0.3) is 5.56 Å².